The molecular weight excluding hydrogens is 338 g/mol. The van der Waals surface area contributed by atoms with Crippen molar-refractivity contribution < 1.29 is 9.63 Å². The third kappa shape index (κ3) is 7.04. The second-order valence-electron chi connectivity index (χ2n) is 6.71. The third-order valence-corrected chi connectivity index (χ3v) is 4.27. The predicted molar refractivity (Wildman–Crippen MR) is 104 cm³/mol. The van der Waals surface area contributed by atoms with Crippen molar-refractivity contribution in [1.82, 2.24) is 10.2 Å². The van der Waals surface area contributed by atoms with E-state index >= 15 is 0 Å². The van der Waals surface area contributed by atoms with E-state index in [0.717, 1.165) is 43.6 Å². The highest BCUT2D eigenvalue weighted by Gasteiger charge is 2.26. The molecule has 1 amide bonds. The highest BCUT2D eigenvalue weighted by atomic mass is 35.5. The summed E-state index contributed by atoms with van der Waals surface area (Å²) in [6, 6.07) is 9.93. The summed E-state index contributed by atoms with van der Waals surface area (Å²) in [5.41, 5.74) is 2.15. The molecule has 1 aliphatic rings. The van der Waals surface area contributed by atoms with Crippen molar-refractivity contribution >= 4 is 24.0 Å². The van der Waals surface area contributed by atoms with Gasteiger partial charge in [0.1, 0.15) is 6.61 Å². The minimum absolute atomic E-state index is 0. The summed E-state index contributed by atoms with van der Waals surface area (Å²) in [6.45, 7) is 6.22. The molecule has 6 heteroatoms. The van der Waals surface area contributed by atoms with Gasteiger partial charge in [-0.2, -0.15) is 0 Å². The molecule has 1 aromatic carbocycles. The summed E-state index contributed by atoms with van der Waals surface area (Å²) < 4.78 is 0. The standard InChI is InChI=1S/C19H29N3O2.ClH/c1-15(2)13-18(20-3)19(23)22-11-9-17(10-12-22)21-24-14-16-7-5-4-6-8-16;/h4-8,15,18,20H,9-14H2,1-3H3;1H. The Morgan fingerprint density at radius 1 is 1.24 bits per heavy atom. The van der Waals surface area contributed by atoms with E-state index in [0.29, 0.717) is 12.5 Å². The number of piperidine rings is 1. The zero-order valence-electron chi connectivity index (χ0n) is 15.4. The van der Waals surface area contributed by atoms with Gasteiger partial charge in [0.2, 0.25) is 5.91 Å². The predicted octanol–water partition coefficient (Wildman–Crippen LogP) is 3.24. The average Bonchev–Trinajstić information content (AvgIpc) is 2.60. The Kier molecular flexibility index (Phi) is 9.53. The van der Waals surface area contributed by atoms with Crippen molar-refractivity contribution in [1.29, 1.82) is 0 Å². The van der Waals surface area contributed by atoms with Crippen LogP contribution >= 0.6 is 12.4 Å². The summed E-state index contributed by atoms with van der Waals surface area (Å²) in [4.78, 5) is 20.0. The van der Waals surface area contributed by atoms with Gasteiger partial charge in [-0.1, -0.05) is 49.3 Å². The van der Waals surface area contributed by atoms with Crippen molar-refractivity contribution in [3.8, 4) is 0 Å². The van der Waals surface area contributed by atoms with Gasteiger partial charge >= 0.3 is 0 Å². The van der Waals surface area contributed by atoms with E-state index in [9.17, 15) is 4.79 Å². The molecule has 0 spiro atoms. The summed E-state index contributed by atoms with van der Waals surface area (Å²) in [7, 11) is 1.86. The molecule has 140 valence electrons. The van der Waals surface area contributed by atoms with Crippen LogP contribution in [0.4, 0.5) is 0 Å². The number of oxime groups is 1. The van der Waals surface area contributed by atoms with Gasteiger partial charge in [-0.15, -0.1) is 12.4 Å². The largest absolute Gasteiger partial charge is 0.391 e. The topological polar surface area (TPSA) is 53.9 Å². The Morgan fingerprint density at radius 3 is 2.44 bits per heavy atom. The smallest absolute Gasteiger partial charge is 0.239 e. The first-order chi connectivity index (χ1) is 11.6. The van der Waals surface area contributed by atoms with Gasteiger partial charge in [-0.05, 0) is 24.9 Å². The number of hydrogen-bond acceptors (Lipinski definition) is 4. The van der Waals surface area contributed by atoms with Gasteiger partial charge in [-0.3, -0.25) is 4.79 Å². The average molecular weight is 368 g/mol. The molecule has 0 bridgehead atoms. The summed E-state index contributed by atoms with van der Waals surface area (Å²) >= 11 is 0. The van der Waals surface area contributed by atoms with E-state index in [4.69, 9.17) is 4.84 Å². The molecule has 5 nitrogen and oxygen atoms in total. The van der Waals surface area contributed by atoms with Gasteiger partial charge in [0.25, 0.3) is 0 Å². The van der Waals surface area contributed by atoms with Gasteiger partial charge in [0, 0.05) is 25.9 Å². The van der Waals surface area contributed by atoms with Gasteiger partial charge < -0.3 is 15.1 Å². The fraction of sp³-hybridized carbons (Fsp3) is 0.579. The van der Waals surface area contributed by atoms with Crippen molar-refractivity contribution in [2.75, 3.05) is 20.1 Å². The second-order valence-corrected chi connectivity index (χ2v) is 6.71. The molecule has 1 aromatic rings. The van der Waals surface area contributed by atoms with Gasteiger partial charge in [-0.25, -0.2) is 0 Å². The van der Waals surface area contributed by atoms with E-state index in [1.54, 1.807) is 0 Å². The van der Waals surface area contributed by atoms with E-state index in [2.05, 4.69) is 24.3 Å². The highest BCUT2D eigenvalue weighted by molar-refractivity contribution is 5.88. The first kappa shape index (κ1) is 21.5. The Balaban J connectivity index is 0.00000312. The fourth-order valence-corrected chi connectivity index (χ4v) is 2.88. The minimum Gasteiger partial charge on any atom is -0.391 e. The minimum atomic E-state index is -0.0854. The van der Waals surface area contributed by atoms with Crippen LogP contribution in [-0.2, 0) is 16.2 Å². The third-order valence-electron chi connectivity index (χ3n) is 4.27. The van der Waals surface area contributed by atoms with Crippen LogP contribution in [-0.4, -0.2) is 42.7 Å². The monoisotopic (exact) mass is 367 g/mol. The van der Waals surface area contributed by atoms with Crippen molar-refractivity contribution in [2.45, 2.75) is 45.8 Å². The van der Waals surface area contributed by atoms with Crippen LogP contribution in [0.1, 0.15) is 38.7 Å². The van der Waals surface area contributed by atoms with E-state index < -0.39 is 0 Å². The molecule has 25 heavy (non-hydrogen) atoms. The number of benzene rings is 1. The first-order valence-corrected chi connectivity index (χ1v) is 8.77. The van der Waals surface area contributed by atoms with E-state index in [1.807, 2.05) is 42.3 Å². The first-order valence-electron chi connectivity index (χ1n) is 8.77. The molecule has 2 rings (SSSR count). The Labute approximate surface area is 157 Å². The zero-order valence-corrected chi connectivity index (χ0v) is 16.2. The molecule has 1 heterocycles. The van der Waals surface area contributed by atoms with E-state index in [-0.39, 0.29) is 24.4 Å². The number of likely N-dealkylation sites (N-methyl/N-ethyl adjacent to an activating group) is 1. The lowest BCUT2D eigenvalue weighted by atomic mass is 10.0. The number of carbonyl (C=O) groups is 1. The van der Waals surface area contributed by atoms with Crippen molar-refractivity contribution in [3.63, 3.8) is 0 Å². The van der Waals surface area contributed by atoms with Crippen LogP contribution in [0.2, 0.25) is 0 Å². The molecule has 1 unspecified atom stereocenters. The number of likely N-dealkylation sites (tertiary alicyclic amines) is 1. The lowest BCUT2D eigenvalue weighted by Crippen LogP contribution is -2.48. The number of hydrogen-bond donors (Lipinski definition) is 1. The Morgan fingerprint density at radius 2 is 1.88 bits per heavy atom. The normalized spacial score (nSPS) is 15.5. The molecule has 1 N–H and O–H groups in total. The van der Waals surface area contributed by atoms with Crippen LogP contribution in [0.25, 0.3) is 0 Å². The highest BCUT2D eigenvalue weighted by Crippen LogP contribution is 2.13. The van der Waals surface area contributed by atoms with Crippen molar-refractivity contribution in [3.05, 3.63) is 35.9 Å². The van der Waals surface area contributed by atoms with Crippen LogP contribution in [0.3, 0.4) is 0 Å². The molecule has 0 radical (unpaired) electrons. The van der Waals surface area contributed by atoms with Crippen LogP contribution in [0.5, 0.6) is 0 Å². The number of carbonyl (C=O) groups excluding carboxylic acids is 1. The lowest BCUT2D eigenvalue weighted by Gasteiger charge is -2.31. The molecule has 1 saturated heterocycles. The molecule has 1 aliphatic heterocycles. The SMILES string of the molecule is CNC(CC(C)C)C(=O)N1CCC(=NOCc2ccccc2)CC1.Cl. The van der Waals surface area contributed by atoms with Gasteiger partial charge in [0.15, 0.2) is 0 Å². The molecule has 1 fully saturated rings. The number of rotatable bonds is 7. The maximum atomic E-state index is 12.6. The molecular formula is C19H30ClN3O2. The quantitative estimate of drug-likeness (QED) is 0.753. The fourth-order valence-electron chi connectivity index (χ4n) is 2.88. The lowest BCUT2D eigenvalue weighted by molar-refractivity contribution is -0.133. The van der Waals surface area contributed by atoms with Crippen LogP contribution in [0.15, 0.2) is 35.5 Å². The van der Waals surface area contributed by atoms with Crippen molar-refractivity contribution in [2.24, 2.45) is 11.1 Å². The summed E-state index contributed by atoms with van der Waals surface area (Å²) in [5, 5.41) is 7.40. The second kappa shape index (κ2) is 11.1. The maximum absolute atomic E-state index is 12.6. The summed E-state index contributed by atoms with van der Waals surface area (Å²) in [6.07, 6.45) is 2.45. The summed E-state index contributed by atoms with van der Waals surface area (Å²) in [5.74, 6) is 0.704. The number of nitrogens with zero attached hydrogens (tertiary/aromatic N) is 2. The maximum Gasteiger partial charge on any atom is 0.239 e. The van der Waals surface area contributed by atoms with E-state index in [1.165, 1.54) is 0 Å². The zero-order chi connectivity index (χ0) is 17.4. The van der Waals surface area contributed by atoms with Crippen LogP contribution in [0, 0.1) is 5.92 Å². The number of nitrogens with one attached hydrogen (secondary N) is 1. The number of amides is 1. The van der Waals surface area contributed by atoms with Gasteiger partial charge in [0.05, 0.1) is 11.8 Å². The molecule has 0 aliphatic carbocycles. The molecule has 0 saturated carbocycles. The van der Waals surface area contributed by atoms with Crippen LogP contribution < -0.4 is 5.32 Å². The molecule has 1 atom stereocenters. The molecule has 0 aromatic heterocycles. The Bertz CT molecular complexity index is 539. The number of halogens is 1. The Hall–Kier alpha value is -1.59.